The Hall–Kier alpha value is -2.87. The second kappa shape index (κ2) is 5.25. The summed E-state index contributed by atoms with van der Waals surface area (Å²) >= 11 is 0. The van der Waals surface area contributed by atoms with Crippen molar-refractivity contribution < 1.29 is 18.0 Å². The average molecular weight is 306 g/mol. The Kier molecular flexibility index (Phi) is 3.64. The molecule has 11 heteroatoms. The number of nitrogens with zero attached hydrogens (tertiary/aromatic N) is 6. The van der Waals surface area contributed by atoms with Crippen molar-refractivity contribution in [2.45, 2.75) is 17.0 Å². The first-order valence-electron chi connectivity index (χ1n) is 5.45. The molecule has 1 aliphatic carbocycles. The van der Waals surface area contributed by atoms with E-state index in [2.05, 4.69) is 20.1 Å². The van der Waals surface area contributed by atoms with E-state index >= 15 is 0 Å². The summed E-state index contributed by atoms with van der Waals surface area (Å²) in [4.78, 5) is 29.1. The Morgan fingerprint density at radius 3 is 2.29 bits per heavy atom. The zero-order chi connectivity index (χ0) is 15.6. The van der Waals surface area contributed by atoms with Gasteiger partial charge in [-0.3, -0.25) is 9.59 Å². The lowest BCUT2D eigenvalue weighted by Gasteiger charge is -2.27. The quantitative estimate of drug-likeness (QED) is 0.389. The second-order valence-corrected chi connectivity index (χ2v) is 5.08. The van der Waals surface area contributed by atoms with E-state index in [1.807, 2.05) is 0 Å². The lowest BCUT2D eigenvalue weighted by molar-refractivity contribution is 0.0794. The molecule has 106 valence electrons. The first-order valence-corrected chi connectivity index (χ1v) is 6.62. The molecule has 0 radical (unpaired) electrons. The van der Waals surface area contributed by atoms with Crippen LogP contribution in [-0.2, 0) is 10.7 Å². The van der Waals surface area contributed by atoms with E-state index in [1.165, 1.54) is 18.2 Å². The third kappa shape index (κ3) is 2.21. The zero-order valence-corrected chi connectivity index (χ0v) is 11.1. The minimum Gasteiger partial charge on any atom is -0.294 e. The fourth-order valence-corrected chi connectivity index (χ4v) is 2.75. The Morgan fingerprint density at radius 2 is 1.76 bits per heavy atom. The number of ketones is 2. The smallest absolute Gasteiger partial charge is 0.197 e. The van der Waals surface area contributed by atoms with Crippen LogP contribution in [0.4, 0.5) is 0 Å². The lowest BCUT2D eigenvalue weighted by atomic mass is 9.82. The Balaban J connectivity index is 2.81. The fraction of sp³-hybridized carbons (Fsp3) is 0.200. The van der Waals surface area contributed by atoms with Gasteiger partial charge in [-0.25, -0.2) is 8.42 Å². The minimum atomic E-state index is -3.08. The number of fused-ring (bicyclic) bond motifs is 1. The molecule has 1 aromatic rings. The fourth-order valence-electron chi connectivity index (χ4n) is 2.11. The van der Waals surface area contributed by atoms with E-state index < -0.39 is 34.4 Å². The van der Waals surface area contributed by atoms with Crippen LogP contribution in [0.1, 0.15) is 27.1 Å². The molecule has 1 aromatic carbocycles. The molecule has 0 aromatic heterocycles. The highest BCUT2D eigenvalue weighted by atomic mass is 32.2. The standard InChI is InChI=1S/C10H6N6O4S/c11-15-13-10(14-16-12)4-6(17)8-5(9(10)18)2-1-3-7(8)21(19)20/h1-3,21H,4H2. The van der Waals surface area contributed by atoms with Gasteiger partial charge < -0.3 is 0 Å². The van der Waals surface area contributed by atoms with Crippen LogP contribution < -0.4 is 0 Å². The van der Waals surface area contributed by atoms with Gasteiger partial charge in [0.25, 0.3) is 0 Å². The summed E-state index contributed by atoms with van der Waals surface area (Å²) in [6, 6.07) is 3.67. The van der Waals surface area contributed by atoms with Gasteiger partial charge in [0.1, 0.15) is 0 Å². The molecule has 10 nitrogen and oxygen atoms in total. The normalized spacial score (nSPS) is 20.4. The Labute approximate surface area is 118 Å². The SMILES string of the molecule is [N-]=[N+]=NC1(N=[N+]=[N-])CC(=O)c2c(cccc2[SH](=O)=O)C1=O. The van der Waals surface area contributed by atoms with Crippen LogP contribution in [0.5, 0.6) is 0 Å². The number of carbonyl (C=O) groups is 2. The zero-order valence-electron chi connectivity index (χ0n) is 10.2. The van der Waals surface area contributed by atoms with E-state index in [0.29, 0.717) is 0 Å². The first kappa shape index (κ1) is 14.5. The van der Waals surface area contributed by atoms with Crippen LogP contribution in [0.15, 0.2) is 33.3 Å². The predicted molar refractivity (Wildman–Crippen MR) is 69.3 cm³/mol. The molecule has 0 unspecified atom stereocenters. The highest BCUT2D eigenvalue weighted by Gasteiger charge is 2.46. The van der Waals surface area contributed by atoms with Crippen molar-refractivity contribution in [2.24, 2.45) is 10.2 Å². The molecule has 0 saturated heterocycles. The number of hydrogen-bond donors (Lipinski definition) is 1. The Morgan fingerprint density at radius 1 is 1.14 bits per heavy atom. The van der Waals surface area contributed by atoms with Gasteiger partial charge >= 0.3 is 0 Å². The molecule has 0 amide bonds. The third-order valence-electron chi connectivity index (χ3n) is 2.95. The molecule has 21 heavy (non-hydrogen) atoms. The van der Waals surface area contributed by atoms with Crippen molar-refractivity contribution in [3.05, 3.63) is 50.2 Å². The molecule has 0 N–H and O–H groups in total. The van der Waals surface area contributed by atoms with Crippen molar-refractivity contribution in [2.75, 3.05) is 0 Å². The predicted octanol–water partition coefficient (Wildman–Crippen LogP) is 1.74. The van der Waals surface area contributed by atoms with Crippen LogP contribution >= 0.6 is 0 Å². The van der Waals surface area contributed by atoms with Gasteiger partial charge in [0.15, 0.2) is 27.9 Å². The maximum Gasteiger partial charge on any atom is 0.197 e. The molecule has 1 aliphatic rings. The summed E-state index contributed by atoms with van der Waals surface area (Å²) in [6.45, 7) is 0. The summed E-state index contributed by atoms with van der Waals surface area (Å²) < 4.78 is 22.3. The number of thiol groups is 1. The third-order valence-corrected chi connectivity index (χ3v) is 3.72. The highest BCUT2D eigenvalue weighted by molar-refractivity contribution is 7.72. The molecule has 0 atom stereocenters. The van der Waals surface area contributed by atoms with E-state index in [-0.39, 0.29) is 16.0 Å². The maximum absolute atomic E-state index is 12.4. The second-order valence-electron chi connectivity index (χ2n) is 4.08. The van der Waals surface area contributed by atoms with Crippen molar-refractivity contribution in [1.29, 1.82) is 0 Å². The van der Waals surface area contributed by atoms with Crippen LogP contribution in [-0.4, -0.2) is 25.6 Å². The number of carbonyl (C=O) groups excluding carboxylic acids is 2. The molecule has 0 spiro atoms. The number of Topliss-reactive ketones (excluding diaryl/α,β-unsaturated/α-hetero) is 2. The largest absolute Gasteiger partial charge is 0.294 e. The topological polar surface area (TPSA) is 166 Å². The maximum atomic E-state index is 12.4. The van der Waals surface area contributed by atoms with Gasteiger partial charge in [-0.15, -0.1) is 0 Å². The van der Waals surface area contributed by atoms with Crippen LogP contribution in [0.2, 0.25) is 0 Å². The van der Waals surface area contributed by atoms with Crippen molar-refractivity contribution in [3.63, 3.8) is 0 Å². The van der Waals surface area contributed by atoms with Crippen LogP contribution in [0.3, 0.4) is 0 Å². The van der Waals surface area contributed by atoms with Crippen molar-refractivity contribution in [1.82, 2.24) is 0 Å². The van der Waals surface area contributed by atoms with Crippen molar-refractivity contribution >= 4 is 22.3 Å². The van der Waals surface area contributed by atoms with Gasteiger partial charge in [0.05, 0.1) is 4.90 Å². The molecule has 0 saturated carbocycles. The van der Waals surface area contributed by atoms with E-state index in [9.17, 15) is 18.0 Å². The van der Waals surface area contributed by atoms with Gasteiger partial charge in [-0.2, -0.15) is 0 Å². The summed E-state index contributed by atoms with van der Waals surface area (Å²) in [5, 5.41) is 6.30. The summed E-state index contributed by atoms with van der Waals surface area (Å²) in [5.41, 5.74) is 14.3. The molecule has 0 heterocycles. The average Bonchev–Trinajstić information content (AvgIpc) is 2.44. The number of azide groups is 1. The van der Waals surface area contributed by atoms with E-state index in [0.717, 1.165) is 0 Å². The van der Waals surface area contributed by atoms with Crippen LogP contribution in [0, 0.1) is 0 Å². The Bertz CT molecular complexity index is 806. The highest BCUT2D eigenvalue weighted by Crippen LogP contribution is 2.35. The molecule has 2 rings (SSSR count). The molecular weight excluding hydrogens is 300 g/mol. The molecule has 0 aliphatic heterocycles. The number of hydrogen-bond acceptors (Lipinski definition) is 6. The summed E-state index contributed by atoms with van der Waals surface area (Å²) in [6.07, 6.45) is -0.715. The molecule has 0 bridgehead atoms. The van der Waals surface area contributed by atoms with Crippen molar-refractivity contribution in [3.8, 4) is 0 Å². The lowest BCUT2D eigenvalue weighted by Crippen LogP contribution is -2.41. The molecule has 0 fully saturated rings. The van der Waals surface area contributed by atoms with Gasteiger partial charge in [-0.1, -0.05) is 22.4 Å². The van der Waals surface area contributed by atoms with Gasteiger partial charge in [-0.05, 0) is 17.1 Å². The van der Waals surface area contributed by atoms with E-state index in [4.69, 9.17) is 11.1 Å². The number of rotatable bonds is 3. The summed E-state index contributed by atoms with van der Waals surface area (Å²) in [7, 11) is -3.08. The van der Waals surface area contributed by atoms with E-state index in [1.54, 1.807) is 0 Å². The summed E-state index contributed by atoms with van der Waals surface area (Å²) in [5.74, 6) is -1.66. The van der Waals surface area contributed by atoms with Crippen LogP contribution in [0.25, 0.3) is 20.9 Å². The van der Waals surface area contributed by atoms with Gasteiger partial charge in [0.2, 0.25) is 0 Å². The molecular formula is C10H6N6O4S. The minimum absolute atomic E-state index is 0.247. The monoisotopic (exact) mass is 306 g/mol. The first-order chi connectivity index (χ1) is 9.96. The van der Waals surface area contributed by atoms with Gasteiger partial charge in [0, 0.05) is 27.4 Å². The number of benzene rings is 1.